The highest BCUT2D eigenvalue weighted by Crippen LogP contribution is 2.18. The topological polar surface area (TPSA) is 114 Å². The number of rotatable bonds is 9. The number of nitrogens with zero attached hydrogens (tertiary/aromatic N) is 2. The first kappa shape index (κ1) is 23.8. The van der Waals surface area contributed by atoms with E-state index in [9.17, 15) is 18.0 Å². The summed E-state index contributed by atoms with van der Waals surface area (Å²) < 4.78 is 37.6. The normalized spacial score (nSPS) is 22.4. The van der Waals surface area contributed by atoms with Gasteiger partial charge < -0.3 is 19.7 Å². The van der Waals surface area contributed by atoms with Crippen molar-refractivity contribution < 1.29 is 31.7 Å². The second-order valence-electron chi connectivity index (χ2n) is 8.42. The fraction of sp³-hybridized carbons (Fsp3) is 0.889. The Labute approximate surface area is 172 Å². The van der Waals surface area contributed by atoms with Gasteiger partial charge >= 0.3 is 12.1 Å². The van der Waals surface area contributed by atoms with E-state index < -0.39 is 27.9 Å². The van der Waals surface area contributed by atoms with Gasteiger partial charge in [0.15, 0.2) is 0 Å². The molecule has 0 aliphatic carbocycles. The first-order valence-corrected chi connectivity index (χ1v) is 11.7. The fourth-order valence-corrected chi connectivity index (χ4v) is 3.73. The van der Waals surface area contributed by atoms with E-state index in [2.05, 4.69) is 10.2 Å². The molecule has 0 spiro atoms. The van der Waals surface area contributed by atoms with Crippen LogP contribution in [0.1, 0.15) is 33.6 Å². The zero-order chi connectivity index (χ0) is 21.7. The van der Waals surface area contributed by atoms with Crippen LogP contribution in [0.4, 0.5) is 4.79 Å². The van der Waals surface area contributed by atoms with Crippen molar-refractivity contribution in [1.82, 2.24) is 15.1 Å². The molecule has 0 aromatic heterocycles. The minimum absolute atomic E-state index is 0.192. The molecule has 2 fully saturated rings. The van der Waals surface area contributed by atoms with E-state index in [1.54, 1.807) is 0 Å². The molecule has 2 rings (SSSR count). The Balaban J connectivity index is 1.86. The molecule has 2 unspecified atom stereocenters. The number of piperazine rings is 1. The molecular formula is C18H33N3O7S. The van der Waals surface area contributed by atoms with E-state index in [0.717, 1.165) is 32.4 Å². The van der Waals surface area contributed by atoms with E-state index in [4.69, 9.17) is 13.7 Å². The standard InChI is InChI=1S/C18H33N3O7S/c1-18(2,3)28-16(22)15(20-10-7-19-8-11-20)6-5-9-21-12-14(27-17(21)23)13-26-29(4,24)25/h14-15,19H,5-13H2,1-4H3. The Morgan fingerprint density at radius 3 is 2.55 bits per heavy atom. The summed E-state index contributed by atoms with van der Waals surface area (Å²) in [7, 11) is -3.58. The van der Waals surface area contributed by atoms with Crippen molar-refractivity contribution in [2.75, 3.05) is 52.1 Å². The third kappa shape index (κ3) is 8.45. The Bertz CT molecular complexity index is 671. The Morgan fingerprint density at radius 2 is 1.97 bits per heavy atom. The van der Waals surface area contributed by atoms with Gasteiger partial charge in [-0.15, -0.1) is 0 Å². The molecule has 2 saturated heterocycles. The SMILES string of the molecule is CC(C)(C)OC(=O)C(CCCN1CC(COS(C)(=O)=O)OC1=O)N1CCNCC1. The van der Waals surface area contributed by atoms with Crippen LogP contribution < -0.4 is 5.32 Å². The van der Waals surface area contributed by atoms with Crippen molar-refractivity contribution in [1.29, 1.82) is 0 Å². The largest absolute Gasteiger partial charge is 0.459 e. The summed E-state index contributed by atoms with van der Waals surface area (Å²) in [5.41, 5.74) is -0.561. The van der Waals surface area contributed by atoms with E-state index in [1.807, 2.05) is 20.8 Å². The predicted molar refractivity (Wildman–Crippen MR) is 106 cm³/mol. The van der Waals surface area contributed by atoms with Gasteiger partial charge in [-0.3, -0.25) is 13.9 Å². The van der Waals surface area contributed by atoms with Crippen molar-refractivity contribution >= 4 is 22.2 Å². The quantitative estimate of drug-likeness (QED) is 0.400. The maximum atomic E-state index is 12.7. The van der Waals surface area contributed by atoms with Crippen LogP contribution in [-0.4, -0.2) is 100 Å². The van der Waals surface area contributed by atoms with Gasteiger partial charge in [0.05, 0.1) is 12.8 Å². The minimum Gasteiger partial charge on any atom is -0.459 e. The van der Waals surface area contributed by atoms with Crippen LogP contribution in [0.15, 0.2) is 0 Å². The molecule has 168 valence electrons. The molecule has 0 bridgehead atoms. The lowest BCUT2D eigenvalue weighted by atomic mass is 10.1. The third-order valence-corrected chi connectivity index (χ3v) is 5.16. The van der Waals surface area contributed by atoms with Gasteiger partial charge in [0, 0.05) is 32.7 Å². The van der Waals surface area contributed by atoms with Crippen LogP contribution >= 0.6 is 0 Å². The lowest BCUT2D eigenvalue weighted by Gasteiger charge is -2.35. The Morgan fingerprint density at radius 1 is 1.31 bits per heavy atom. The van der Waals surface area contributed by atoms with E-state index in [1.165, 1.54) is 4.90 Å². The number of cyclic esters (lactones) is 1. The predicted octanol–water partition coefficient (Wildman–Crippen LogP) is 0.179. The number of ether oxygens (including phenoxy) is 2. The zero-order valence-corrected chi connectivity index (χ0v) is 18.5. The first-order valence-electron chi connectivity index (χ1n) is 9.92. The van der Waals surface area contributed by atoms with Gasteiger partial charge in [-0.1, -0.05) is 0 Å². The van der Waals surface area contributed by atoms with Gasteiger partial charge in [-0.25, -0.2) is 4.79 Å². The highest BCUT2D eigenvalue weighted by Gasteiger charge is 2.34. The third-order valence-electron chi connectivity index (χ3n) is 4.59. The van der Waals surface area contributed by atoms with Crippen LogP contribution in [-0.2, 0) is 28.6 Å². The summed E-state index contributed by atoms with van der Waals surface area (Å²) in [4.78, 5) is 28.3. The van der Waals surface area contributed by atoms with Crippen LogP contribution in [0.5, 0.6) is 0 Å². The lowest BCUT2D eigenvalue weighted by molar-refractivity contribution is -0.162. The summed E-state index contributed by atoms with van der Waals surface area (Å²) in [5.74, 6) is -0.247. The van der Waals surface area contributed by atoms with Crippen LogP contribution in [0, 0.1) is 0 Å². The zero-order valence-electron chi connectivity index (χ0n) is 17.7. The molecule has 0 saturated carbocycles. The number of hydrogen-bond acceptors (Lipinski definition) is 9. The first-order chi connectivity index (χ1) is 13.4. The van der Waals surface area contributed by atoms with Crippen LogP contribution in [0.25, 0.3) is 0 Å². The van der Waals surface area contributed by atoms with E-state index in [0.29, 0.717) is 19.4 Å². The minimum atomic E-state index is -3.58. The van der Waals surface area contributed by atoms with Crippen molar-refractivity contribution in [2.24, 2.45) is 0 Å². The van der Waals surface area contributed by atoms with Crippen LogP contribution in [0.3, 0.4) is 0 Å². The molecular weight excluding hydrogens is 402 g/mol. The number of esters is 1. The number of hydrogen-bond donors (Lipinski definition) is 1. The van der Waals surface area contributed by atoms with E-state index >= 15 is 0 Å². The smallest absolute Gasteiger partial charge is 0.410 e. The fourth-order valence-electron chi connectivity index (χ4n) is 3.33. The van der Waals surface area contributed by atoms with Crippen molar-refractivity contribution in [3.05, 3.63) is 0 Å². The molecule has 0 radical (unpaired) electrons. The number of carbonyl (C=O) groups excluding carboxylic acids is 2. The molecule has 29 heavy (non-hydrogen) atoms. The maximum absolute atomic E-state index is 12.7. The lowest BCUT2D eigenvalue weighted by Crippen LogP contribution is -2.52. The van der Waals surface area contributed by atoms with Crippen molar-refractivity contribution in [2.45, 2.75) is 51.4 Å². The Hall–Kier alpha value is -1.43. The Kier molecular flexibility index (Phi) is 8.27. The van der Waals surface area contributed by atoms with Crippen molar-refractivity contribution in [3.63, 3.8) is 0 Å². The summed E-state index contributed by atoms with van der Waals surface area (Å²) in [6.07, 6.45) is 0.996. The molecule has 2 aliphatic rings. The maximum Gasteiger partial charge on any atom is 0.410 e. The number of nitrogens with one attached hydrogen (secondary N) is 1. The summed E-state index contributed by atoms with van der Waals surface area (Å²) in [6, 6.07) is -0.362. The van der Waals surface area contributed by atoms with Gasteiger partial charge in [-0.2, -0.15) is 8.42 Å². The van der Waals surface area contributed by atoms with Gasteiger partial charge in [0.2, 0.25) is 0 Å². The molecule has 2 heterocycles. The van der Waals surface area contributed by atoms with Gasteiger partial charge in [-0.05, 0) is 33.6 Å². The molecule has 0 aromatic carbocycles. The average Bonchev–Trinajstić information content (AvgIpc) is 2.95. The number of carbonyl (C=O) groups is 2. The van der Waals surface area contributed by atoms with E-state index in [-0.39, 0.29) is 25.2 Å². The van der Waals surface area contributed by atoms with Gasteiger partial charge in [0.1, 0.15) is 24.4 Å². The highest BCUT2D eigenvalue weighted by atomic mass is 32.2. The molecule has 2 atom stereocenters. The van der Waals surface area contributed by atoms with Crippen LogP contribution in [0.2, 0.25) is 0 Å². The molecule has 10 nitrogen and oxygen atoms in total. The molecule has 1 N–H and O–H groups in total. The summed E-state index contributed by atoms with van der Waals surface area (Å²) in [6.45, 7) is 9.19. The molecule has 0 aromatic rings. The highest BCUT2D eigenvalue weighted by molar-refractivity contribution is 7.85. The number of amides is 1. The molecule has 1 amide bonds. The van der Waals surface area contributed by atoms with Crippen molar-refractivity contribution in [3.8, 4) is 0 Å². The summed E-state index contributed by atoms with van der Waals surface area (Å²) in [5, 5.41) is 3.27. The second kappa shape index (κ2) is 10.1. The monoisotopic (exact) mass is 435 g/mol. The van der Waals surface area contributed by atoms with Gasteiger partial charge in [0.25, 0.3) is 10.1 Å². The second-order valence-corrected chi connectivity index (χ2v) is 10.1. The molecule has 2 aliphatic heterocycles. The summed E-state index contributed by atoms with van der Waals surface area (Å²) >= 11 is 0. The molecule has 11 heteroatoms. The average molecular weight is 436 g/mol.